The van der Waals surface area contributed by atoms with Crippen LogP contribution in [-0.2, 0) is 6.54 Å². The fraction of sp³-hybridized carbons (Fsp3) is 0.200. The van der Waals surface area contributed by atoms with Gasteiger partial charge < -0.3 is 10.2 Å². The van der Waals surface area contributed by atoms with Crippen LogP contribution in [0.4, 0.5) is 17.5 Å². The van der Waals surface area contributed by atoms with Crippen molar-refractivity contribution in [1.82, 2.24) is 9.97 Å². The van der Waals surface area contributed by atoms with Crippen molar-refractivity contribution in [2.45, 2.75) is 26.4 Å². The second-order valence-corrected chi connectivity index (χ2v) is 6.90. The van der Waals surface area contributed by atoms with E-state index >= 15 is 0 Å². The number of aromatic nitrogens is 2. The Labute approximate surface area is 157 Å². The van der Waals surface area contributed by atoms with Gasteiger partial charge in [-0.05, 0) is 53.5 Å². The minimum Gasteiger partial charge on any atom is -0.350 e. The molecule has 0 amide bonds. The molecule has 0 aliphatic rings. The highest BCUT2D eigenvalue weighted by Crippen LogP contribution is 2.25. The molecule has 25 heavy (non-hydrogen) atoms. The van der Waals surface area contributed by atoms with Gasteiger partial charge in [-0.25, -0.2) is 4.98 Å². The maximum Gasteiger partial charge on any atom is 0.229 e. The molecule has 0 radical (unpaired) electrons. The van der Waals surface area contributed by atoms with Crippen molar-refractivity contribution in [3.8, 4) is 0 Å². The van der Waals surface area contributed by atoms with Crippen molar-refractivity contribution in [1.29, 1.82) is 0 Å². The highest BCUT2D eigenvalue weighted by atomic mass is 79.9. The molecule has 2 aromatic carbocycles. The van der Waals surface area contributed by atoms with Crippen molar-refractivity contribution in [3.63, 3.8) is 0 Å². The summed E-state index contributed by atoms with van der Waals surface area (Å²) in [7, 11) is 0. The van der Waals surface area contributed by atoms with Crippen molar-refractivity contribution in [3.05, 3.63) is 76.9 Å². The van der Waals surface area contributed by atoms with Gasteiger partial charge in [0.1, 0.15) is 5.82 Å². The van der Waals surface area contributed by atoms with Crippen LogP contribution in [0.5, 0.6) is 0 Å². The van der Waals surface area contributed by atoms with E-state index in [1.165, 1.54) is 5.56 Å². The zero-order valence-corrected chi connectivity index (χ0v) is 15.9. The van der Waals surface area contributed by atoms with Crippen molar-refractivity contribution >= 4 is 33.4 Å². The highest BCUT2D eigenvalue weighted by Gasteiger charge is 2.14. The molecule has 3 rings (SSSR count). The Morgan fingerprint density at radius 2 is 1.72 bits per heavy atom. The van der Waals surface area contributed by atoms with Crippen molar-refractivity contribution in [2.24, 2.45) is 0 Å². The van der Waals surface area contributed by atoms with E-state index in [-0.39, 0.29) is 0 Å². The van der Waals surface area contributed by atoms with Crippen LogP contribution < -0.4 is 10.2 Å². The molecule has 3 aromatic rings. The average molecular weight is 397 g/mol. The lowest BCUT2D eigenvalue weighted by Gasteiger charge is -2.28. The second-order valence-electron chi connectivity index (χ2n) is 6.05. The van der Waals surface area contributed by atoms with Crippen molar-refractivity contribution in [2.75, 3.05) is 10.2 Å². The molecule has 0 spiro atoms. The topological polar surface area (TPSA) is 41.1 Å². The third kappa shape index (κ3) is 4.57. The minimum atomic E-state index is 0.325. The van der Waals surface area contributed by atoms with Gasteiger partial charge in [0.2, 0.25) is 5.95 Å². The summed E-state index contributed by atoms with van der Waals surface area (Å²) in [5.74, 6) is 1.49. The van der Waals surface area contributed by atoms with Gasteiger partial charge in [0.05, 0.1) is 5.69 Å². The molecule has 0 atom stereocenters. The molecule has 0 saturated heterocycles. The van der Waals surface area contributed by atoms with Crippen LogP contribution in [0.15, 0.2) is 71.3 Å². The quantitative estimate of drug-likeness (QED) is 0.605. The van der Waals surface area contributed by atoms with Gasteiger partial charge in [-0.15, -0.1) is 0 Å². The first-order valence-corrected chi connectivity index (χ1v) is 9.08. The molecular formula is C20H21BrN4. The first-order valence-electron chi connectivity index (χ1n) is 8.28. The van der Waals surface area contributed by atoms with Crippen LogP contribution in [0, 0.1) is 0 Å². The SMILES string of the molecule is CC(C)N(Cc1ccccc1)c1ccnc(Nc2ccccc2Br)n1. The number of benzene rings is 2. The minimum absolute atomic E-state index is 0.325. The van der Waals surface area contributed by atoms with Gasteiger partial charge in [0.25, 0.3) is 0 Å². The van der Waals surface area contributed by atoms with Gasteiger partial charge >= 0.3 is 0 Å². The van der Waals surface area contributed by atoms with Crippen LogP contribution >= 0.6 is 15.9 Å². The summed E-state index contributed by atoms with van der Waals surface area (Å²) in [4.78, 5) is 11.3. The molecule has 1 N–H and O–H groups in total. The van der Waals surface area contributed by atoms with Crippen LogP contribution in [0.25, 0.3) is 0 Å². The van der Waals surface area contributed by atoms with E-state index in [1.807, 2.05) is 36.4 Å². The summed E-state index contributed by atoms with van der Waals surface area (Å²) in [6.07, 6.45) is 1.79. The van der Waals surface area contributed by atoms with Crippen LogP contribution in [0.2, 0.25) is 0 Å². The summed E-state index contributed by atoms with van der Waals surface area (Å²) in [5.41, 5.74) is 2.20. The first kappa shape index (κ1) is 17.4. The molecule has 0 aliphatic carbocycles. The third-order valence-corrected chi connectivity index (χ3v) is 4.57. The average Bonchev–Trinajstić information content (AvgIpc) is 2.62. The molecule has 4 nitrogen and oxygen atoms in total. The summed E-state index contributed by atoms with van der Waals surface area (Å²) in [6, 6.07) is 20.6. The summed E-state index contributed by atoms with van der Waals surface area (Å²) in [5, 5.41) is 3.27. The summed E-state index contributed by atoms with van der Waals surface area (Å²) in [6.45, 7) is 5.15. The van der Waals surface area contributed by atoms with Gasteiger partial charge in [0.15, 0.2) is 0 Å². The van der Waals surface area contributed by atoms with E-state index in [9.17, 15) is 0 Å². The highest BCUT2D eigenvalue weighted by molar-refractivity contribution is 9.10. The van der Waals surface area contributed by atoms with E-state index in [0.29, 0.717) is 12.0 Å². The molecular weight excluding hydrogens is 376 g/mol. The fourth-order valence-electron chi connectivity index (χ4n) is 2.56. The molecule has 0 fully saturated rings. The third-order valence-electron chi connectivity index (χ3n) is 3.87. The number of halogens is 1. The van der Waals surface area contributed by atoms with Gasteiger partial charge in [-0.3, -0.25) is 0 Å². The second kappa shape index (κ2) is 8.12. The first-order chi connectivity index (χ1) is 12.1. The number of rotatable bonds is 6. The Hall–Kier alpha value is -2.40. The number of anilines is 3. The number of nitrogens with zero attached hydrogens (tertiary/aromatic N) is 3. The molecule has 0 bridgehead atoms. The Bertz CT molecular complexity index is 821. The normalized spacial score (nSPS) is 10.7. The number of hydrogen-bond acceptors (Lipinski definition) is 4. The summed E-state index contributed by atoms with van der Waals surface area (Å²) >= 11 is 3.54. The molecule has 1 heterocycles. The molecule has 0 aliphatic heterocycles. The Morgan fingerprint density at radius 1 is 1.00 bits per heavy atom. The maximum absolute atomic E-state index is 4.71. The molecule has 0 saturated carbocycles. The van der Waals surface area contributed by atoms with E-state index in [2.05, 4.69) is 69.2 Å². The van der Waals surface area contributed by atoms with Crippen LogP contribution in [0.3, 0.4) is 0 Å². The fourth-order valence-corrected chi connectivity index (χ4v) is 2.94. The van der Waals surface area contributed by atoms with Gasteiger partial charge in [-0.1, -0.05) is 42.5 Å². The van der Waals surface area contributed by atoms with E-state index in [0.717, 1.165) is 22.5 Å². The summed E-state index contributed by atoms with van der Waals surface area (Å²) < 4.78 is 0.981. The molecule has 5 heteroatoms. The number of hydrogen-bond donors (Lipinski definition) is 1. The molecule has 128 valence electrons. The van der Waals surface area contributed by atoms with Crippen molar-refractivity contribution < 1.29 is 0 Å². The Morgan fingerprint density at radius 3 is 2.44 bits per heavy atom. The standard InChI is InChI=1S/C20H21BrN4/c1-15(2)25(14-16-8-4-3-5-9-16)19-12-13-22-20(24-19)23-18-11-7-6-10-17(18)21/h3-13,15H,14H2,1-2H3,(H,22,23,24). The lowest BCUT2D eigenvalue weighted by molar-refractivity contribution is 0.672. The smallest absolute Gasteiger partial charge is 0.229 e. The number of nitrogens with one attached hydrogen (secondary N) is 1. The lowest BCUT2D eigenvalue weighted by atomic mass is 10.2. The lowest BCUT2D eigenvalue weighted by Crippen LogP contribution is -2.31. The predicted octanol–water partition coefficient (Wildman–Crippen LogP) is 5.40. The monoisotopic (exact) mass is 396 g/mol. The number of para-hydroxylation sites is 1. The zero-order valence-electron chi connectivity index (χ0n) is 14.4. The van der Waals surface area contributed by atoms with Gasteiger partial charge in [-0.2, -0.15) is 4.98 Å². The zero-order chi connectivity index (χ0) is 17.6. The van der Waals surface area contributed by atoms with Crippen LogP contribution in [0.1, 0.15) is 19.4 Å². The molecule has 1 aromatic heterocycles. The largest absolute Gasteiger partial charge is 0.350 e. The van der Waals surface area contributed by atoms with E-state index in [4.69, 9.17) is 4.98 Å². The Kier molecular flexibility index (Phi) is 5.66. The van der Waals surface area contributed by atoms with Gasteiger partial charge in [0, 0.05) is 23.3 Å². The van der Waals surface area contributed by atoms with Crippen LogP contribution in [-0.4, -0.2) is 16.0 Å². The maximum atomic E-state index is 4.71. The Balaban J connectivity index is 1.84. The predicted molar refractivity (Wildman–Crippen MR) is 107 cm³/mol. The van der Waals surface area contributed by atoms with E-state index in [1.54, 1.807) is 6.20 Å². The molecule has 0 unspecified atom stereocenters. The van der Waals surface area contributed by atoms with E-state index < -0.39 is 0 Å².